The lowest BCUT2D eigenvalue weighted by Crippen LogP contribution is -2.43. The molecule has 1 unspecified atom stereocenters. The highest BCUT2D eigenvalue weighted by Gasteiger charge is 2.58. The van der Waals surface area contributed by atoms with E-state index in [1.807, 2.05) is 6.07 Å². The van der Waals surface area contributed by atoms with Crippen molar-refractivity contribution in [2.24, 2.45) is 4.99 Å². The standard InChI is InChI=1S/C18H12Br2Cl2F3N/c19-8-11-2-1-10(3-15(11)20)16-7-17(9-26-16,18(23,24)25)12-4-13(21)6-14(22)5-12/h1-6H,7-9H2. The van der Waals surface area contributed by atoms with Crippen LogP contribution in [0.15, 0.2) is 45.9 Å². The van der Waals surface area contributed by atoms with E-state index in [0.717, 1.165) is 10.0 Å². The van der Waals surface area contributed by atoms with Crippen molar-refractivity contribution in [3.8, 4) is 0 Å². The van der Waals surface area contributed by atoms with Gasteiger partial charge in [-0.2, -0.15) is 13.2 Å². The summed E-state index contributed by atoms with van der Waals surface area (Å²) in [5, 5.41) is 0.997. The van der Waals surface area contributed by atoms with Gasteiger partial charge in [0.1, 0.15) is 5.41 Å². The molecule has 0 bridgehead atoms. The Labute approximate surface area is 175 Å². The summed E-state index contributed by atoms with van der Waals surface area (Å²) < 4.78 is 43.1. The summed E-state index contributed by atoms with van der Waals surface area (Å²) in [5.74, 6) is 0. The molecule has 8 heteroatoms. The minimum absolute atomic E-state index is 0.0393. The molecule has 2 aromatic carbocycles. The lowest BCUT2D eigenvalue weighted by Gasteiger charge is -2.31. The van der Waals surface area contributed by atoms with Crippen LogP contribution in [0.25, 0.3) is 0 Å². The topological polar surface area (TPSA) is 12.4 Å². The highest BCUT2D eigenvalue weighted by molar-refractivity contribution is 9.10. The molecule has 0 aliphatic carbocycles. The monoisotopic (exact) mass is 527 g/mol. The zero-order valence-corrected chi connectivity index (χ0v) is 17.9. The SMILES string of the molecule is FC(F)(F)C1(c2cc(Cl)cc(Cl)c2)CN=C(c2ccc(CBr)c(Br)c2)C1. The maximum atomic E-state index is 14.1. The van der Waals surface area contributed by atoms with Crippen LogP contribution < -0.4 is 0 Å². The molecular formula is C18H12Br2Cl2F3N. The van der Waals surface area contributed by atoms with E-state index in [-0.39, 0.29) is 28.6 Å². The summed E-state index contributed by atoms with van der Waals surface area (Å²) in [6.45, 7) is -0.389. The van der Waals surface area contributed by atoms with Crippen LogP contribution in [-0.2, 0) is 10.7 Å². The summed E-state index contributed by atoms with van der Waals surface area (Å²) in [7, 11) is 0. The molecule has 1 heterocycles. The van der Waals surface area contributed by atoms with Crippen molar-refractivity contribution in [3.05, 3.63) is 67.6 Å². The third-order valence-electron chi connectivity index (χ3n) is 4.50. The minimum Gasteiger partial charge on any atom is -0.288 e. The molecule has 26 heavy (non-hydrogen) atoms. The Morgan fingerprint density at radius 3 is 2.27 bits per heavy atom. The molecule has 0 amide bonds. The van der Waals surface area contributed by atoms with Crippen LogP contribution >= 0.6 is 55.1 Å². The van der Waals surface area contributed by atoms with Crippen LogP contribution in [0.3, 0.4) is 0 Å². The second-order valence-electron chi connectivity index (χ2n) is 6.12. The Morgan fingerprint density at radius 1 is 1.08 bits per heavy atom. The molecule has 0 spiro atoms. The third-order valence-corrected chi connectivity index (χ3v) is 6.28. The summed E-state index contributed by atoms with van der Waals surface area (Å²) >= 11 is 18.7. The van der Waals surface area contributed by atoms with Crippen LogP contribution in [0.5, 0.6) is 0 Å². The molecule has 1 aliphatic rings. The maximum absolute atomic E-state index is 14.1. The van der Waals surface area contributed by atoms with Crippen LogP contribution in [0.4, 0.5) is 13.2 Å². The Kier molecular flexibility index (Phi) is 5.79. The molecule has 1 nitrogen and oxygen atoms in total. The summed E-state index contributed by atoms with van der Waals surface area (Å²) in [4.78, 5) is 4.24. The third kappa shape index (κ3) is 3.71. The minimum atomic E-state index is -4.49. The number of hydrogen-bond acceptors (Lipinski definition) is 1. The first-order valence-electron chi connectivity index (χ1n) is 7.58. The van der Waals surface area contributed by atoms with Crippen LogP contribution in [-0.4, -0.2) is 18.4 Å². The van der Waals surface area contributed by atoms with Crippen molar-refractivity contribution >= 4 is 60.8 Å². The number of rotatable bonds is 3. The number of nitrogens with zero attached hydrogens (tertiary/aromatic N) is 1. The first-order chi connectivity index (χ1) is 12.2. The fourth-order valence-corrected chi connectivity index (χ4v) is 4.94. The van der Waals surface area contributed by atoms with Crippen molar-refractivity contribution in [1.82, 2.24) is 0 Å². The number of aliphatic imine (C=N–C) groups is 1. The van der Waals surface area contributed by atoms with Crippen LogP contribution in [0, 0.1) is 0 Å². The average molecular weight is 530 g/mol. The van der Waals surface area contributed by atoms with Gasteiger partial charge in [0.05, 0.1) is 6.54 Å². The van der Waals surface area contributed by atoms with Gasteiger partial charge in [0.2, 0.25) is 0 Å². The fraction of sp³-hybridized carbons (Fsp3) is 0.278. The quantitative estimate of drug-likeness (QED) is 0.369. The molecule has 3 rings (SSSR count). The molecular weight excluding hydrogens is 518 g/mol. The van der Waals surface area contributed by atoms with Gasteiger partial charge < -0.3 is 0 Å². The predicted octanol–water partition coefficient (Wildman–Crippen LogP) is 7.34. The van der Waals surface area contributed by atoms with E-state index in [4.69, 9.17) is 23.2 Å². The molecule has 1 atom stereocenters. The Balaban J connectivity index is 2.02. The van der Waals surface area contributed by atoms with E-state index in [0.29, 0.717) is 16.6 Å². The van der Waals surface area contributed by atoms with Gasteiger partial charge in [-0.15, -0.1) is 0 Å². The molecule has 0 aromatic heterocycles. The van der Waals surface area contributed by atoms with E-state index in [1.165, 1.54) is 18.2 Å². The molecule has 0 saturated carbocycles. The van der Waals surface area contributed by atoms with Crippen molar-refractivity contribution < 1.29 is 13.2 Å². The summed E-state index contributed by atoms with van der Waals surface area (Å²) in [5.41, 5.74) is 0.00628. The number of hydrogen-bond donors (Lipinski definition) is 0. The normalized spacial score (nSPS) is 20.3. The smallest absolute Gasteiger partial charge is 0.288 e. The highest BCUT2D eigenvalue weighted by Crippen LogP contribution is 2.48. The van der Waals surface area contributed by atoms with E-state index in [1.54, 1.807) is 12.1 Å². The summed E-state index contributed by atoms with van der Waals surface area (Å²) in [6.07, 6.45) is -4.74. The van der Waals surface area contributed by atoms with Gasteiger partial charge >= 0.3 is 6.18 Å². The van der Waals surface area contributed by atoms with Crippen molar-refractivity contribution in [1.29, 1.82) is 0 Å². The number of alkyl halides is 4. The van der Waals surface area contributed by atoms with Crippen molar-refractivity contribution in [2.45, 2.75) is 23.3 Å². The predicted molar refractivity (Wildman–Crippen MR) is 107 cm³/mol. The molecule has 0 N–H and O–H groups in total. The van der Waals surface area contributed by atoms with E-state index < -0.39 is 11.6 Å². The molecule has 0 fully saturated rings. The lowest BCUT2D eigenvalue weighted by molar-refractivity contribution is -0.183. The van der Waals surface area contributed by atoms with Gasteiger partial charge in [-0.05, 0) is 41.0 Å². The zero-order valence-electron chi connectivity index (χ0n) is 13.2. The van der Waals surface area contributed by atoms with Gasteiger partial charge in [-0.1, -0.05) is 67.2 Å². The van der Waals surface area contributed by atoms with Crippen molar-refractivity contribution in [3.63, 3.8) is 0 Å². The maximum Gasteiger partial charge on any atom is 0.400 e. The zero-order chi connectivity index (χ0) is 19.1. The van der Waals surface area contributed by atoms with E-state index >= 15 is 0 Å². The first-order valence-corrected chi connectivity index (χ1v) is 10.2. The second-order valence-corrected chi connectivity index (χ2v) is 8.41. The molecule has 138 valence electrons. The average Bonchev–Trinajstić information content (AvgIpc) is 3.00. The second kappa shape index (κ2) is 7.46. The fourth-order valence-electron chi connectivity index (χ4n) is 3.03. The Hall–Kier alpha value is -0.560. The van der Waals surface area contributed by atoms with Gasteiger partial charge in [0, 0.05) is 32.0 Å². The molecule has 0 radical (unpaired) electrons. The number of benzene rings is 2. The molecule has 1 aliphatic heterocycles. The Morgan fingerprint density at radius 2 is 1.73 bits per heavy atom. The van der Waals surface area contributed by atoms with Gasteiger partial charge in [0.25, 0.3) is 0 Å². The number of halogens is 7. The van der Waals surface area contributed by atoms with Gasteiger partial charge in [-0.3, -0.25) is 4.99 Å². The van der Waals surface area contributed by atoms with Crippen molar-refractivity contribution in [2.75, 3.05) is 6.54 Å². The van der Waals surface area contributed by atoms with Gasteiger partial charge in [0.15, 0.2) is 0 Å². The first kappa shape index (κ1) is 20.2. The summed E-state index contributed by atoms with van der Waals surface area (Å²) in [6, 6.07) is 9.51. The highest BCUT2D eigenvalue weighted by atomic mass is 79.9. The largest absolute Gasteiger partial charge is 0.400 e. The van der Waals surface area contributed by atoms with Gasteiger partial charge in [-0.25, -0.2) is 0 Å². The molecule has 0 saturated heterocycles. The van der Waals surface area contributed by atoms with E-state index in [2.05, 4.69) is 36.9 Å². The van der Waals surface area contributed by atoms with Crippen LogP contribution in [0.2, 0.25) is 10.0 Å². The Bertz CT molecular complexity index is 863. The van der Waals surface area contributed by atoms with Crippen LogP contribution in [0.1, 0.15) is 23.1 Å². The molecule has 2 aromatic rings. The van der Waals surface area contributed by atoms with E-state index in [9.17, 15) is 13.2 Å². The lowest BCUT2D eigenvalue weighted by atomic mass is 9.76.